The third-order valence-corrected chi connectivity index (χ3v) is 2.93. The number of methoxy groups -OCH3 is 1. The van der Waals surface area contributed by atoms with Crippen LogP contribution in [0.2, 0.25) is 0 Å². The van der Waals surface area contributed by atoms with Crippen LogP contribution in [0.5, 0.6) is 0 Å². The van der Waals surface area contributed by atoms with E-state index in [-0.39, 0.29) is 0 Å². The van der Waals surface area contributed by atoms with E-state index in [2.05, 4.69) is 46.6 Å². The lowest BCUT2D eigenvalue weighted by Crippen LogP contribution is -2.02. The smallest absolute Gasteiger partial charge is 0.356 e. The van der Waals surface area contributed by atoms with Crippen LogP contribution in [0, 0.1) is 0 Å². The van der Waals surface area contributed by atoms with Gasteiger partial charge in [0.15, 0.2) is 6.29 Å². The molecule has 0 N–H and O–H groups in total. The molecule has 7 heteroatoms. The molecule has 0 atom stereocenters. The highest BCUT2D eigenvalue weighted by Gasteiger charge is 2.04. The van der Waals surface area contributed by atoms with Gasteiger partial charge >= 0.3 is 5.97 Å². The van der Waals surface area contributed by atoms with E-state index in [0.29, 0.717) is 17.7 Å². The Morgan fingerprint density at radius 3 is 2.10 bits per heavy atom. The van der Waals surface area contributed by atoms with Gasteiger partial charge in [-0.1, -0.05) is 0 Å². The largest absolute Gasteiger partial charge is 0.464 e. The summed E-state index contributed by atoms with van der Waals surface area (Å²) in [7, 11) is 1.33. The minimum atomic E-state index is -0.419. The Hall–Kier alpha value is -1.60. The molecule has 2 rings (SSSR count). The average molecular weight is 402 g/mol. The standard InChI is InChI=1S/C7H6BrNO2.C6H4BrNO/c1-11-7(10)6-3-2-5(8)4-9-6;7-5-1-2-6(4-9)8-3-5/h2-4H,1H3;1-4H. The molecule has 0 aromatic carbocycles. The number of carbonyl (C=O) groups excluding carboxylic acids is 2. The molecule has 20 heavy (non-hydrogen) atoms. The number of hydrogen-bond acceptors (Lipinski definition) is 5. The minimum Gasteiger partial charge on any atom is -0.464 e. The van der Waals surface area contributed by atoms with Crippen molar-refractivity contribution in [3.8, 4) is 0 Å². The first-order chi connectivity index (χ1) is 9.56. The number of halogens is 2. The summed E-state index contributed by atoms with van der Waals surface area (Å²) in [4.78, 5) is 28.5. The average Bonchev–Trinajstić information content (AvgIpc) is 2.49. The van der Waals surface area contributed by atoms with E-state index in [1.54, 1.807) is 36.7 Å². The van der Waals surface area contributed by atoms with Crippen molar-refractivity contribution in [3.63, 3.8) is 0 Å². The number of aromatic nitrogens is 2. The monoisotopic (exact) mass is 400 g/mol. The number of aldehydes is 1. The zero-order valence-electron chi connectivity index (χ0n) is 10.4. The first kappa shape index (κ1) is 16.5. The Labute approximate surface area is 132 Å². The molecule has 5 nitrogen and oxygen atoms in total. The number of carbonyl (C=O) groups is 2. The predicted molar refractivity (Wildman–Crippen MR) is 80.6 cm³/mol. The van der Waals surface area contributed by atoms with Gasteiger partial charge in [-0.2, -0.15) is 0 Å². The molecule has 0 radical (unpaired) electrons. The lowest BCUT2D eigenvalue weighted by atomic mass is 10.4. The van der Waals surface area contributed by atoms with Crippen molar-refractivity contribution >= 4 is 44.1 Å². The number of ether oxygens (including phenoxy) is 1. The van der Waals surface area contributed by atoms with Crippen LogP contribution in [0.15, 0.2) is 45.6 Å². The summed E-state index contributed by atoms with van der Waals surface area (Å²) in [5.41, 5.74) is 0.772. The second-order valence-electron chi connectivity index (χ2n) is 3.37. The molecule has 0 saturated carbocycles. The molecule has 2 heterocycles. The zero-order chi connectivity index (χ0) is 15.0. The summed E-state index contributed by atoms with van der Waals surface area (Å²) in [5, 5.41) is 0. The quantitative estimate of drug-likeness (QED) is 0.570. The predicted octanol–water partition coefficient (Wildman–Crippen LogP) is 3.29. The van der Waals surface area contributed by atoms with Gasteiger partial charge in [-0.05, 0) is 56.1 Å². The van der Waals surface area contributed by atoms with E-state index in [0.717, 1.165) is 8.95 Å². The maximum absolute atomic E-state index is 10.8. The van der Waals surface area contributed by atoms with E-state index >= 15 is 0 Å². The van der Waals surface area contributed by atoms with Crippen LogP contribution in [0.4, 0.5) is 0 Å². The first-order valence-corrected chi connectivity index (χ1v) is 6.92. The molecule has 0 aliphatic heterocycles. The Balaban J connectivity index is 0.000000204. The van der Waals surface area contributed by atoms with Crippen LogP contribution >= 0.6 is 31.9 Å². The third kappa shape index (κ3) is 5.58. The van der Waals surface area contributed by atoms with E-state index in [1.165, 1.54) is 7.11 Å². The lowest BCUT2D eigenvalue weighted by Gasteiger charge is -1.96. The highest BCUT2D eigenvalue weighted by molar-refractivity contribution is 9.10. The van der Waals surface area contributed by atoms with Gasteiger partial charge < -0.3 is 4.74 Å². The van der Waals surface area contributed by atoms with E-state index in [1.807, 2.05) is 0 Å². The number of rotatable bonds is 2. The molecular weight excluding hydrogens is 392 g/mol. The van der Waals surface area contributed by atoms with Crippen LogP contribution in [-0.2, 0) is 4.74 Å². The van der Waals surface area contributed by atoms with Gasteiger partial charge in [-0.15, -0.1) is 0 Å². The molecule has 2 aromatic rings. The molecule has 0 bridgehead atoms. The molecule has 0 aliphatic rings. The molecule has 0 aliphatic carbocycles. The van der Waals surface area contributed by atoms with Gasteiger partial charge in [-0.3, -0.25) is 9.78 Å². The fourth-order valence-electron chi connectivity index (χ4n) is 1.06. The van der Waals surface area contributed by atoms with Crippen molar-refractivity contribution in [2.24, 2.45) is 0 Å². The van der Waals surface area contributed by atoms with Gasteiger partial charge in [0.05, 0.1) is 7.11 Å². The van der Waals surface area contributed by atoms with Gasteiger partial charge in [0, 0.05) is 21.3 Å². The van der Waals surface area contributed by atoms with Crippen molar-refractivity contribution in [2.75, 3.05) is 7.11 Å². The number of esters is 1. The van der Waals surface area contributed by atoms with E-state index in [4.69, 9.17) is 0 Å². The van der Waals surface area contributed by atoms with Gasteiger partial charge in [-0.25, -0.2) is 9.78 Å². The first-order valence-electron chi connectivity index (χ1n) is 5.33. The highest BCUT2D eigenvalue weighted by atomic mass is 79.9. The molecule has 0 saturated heterocycles. The minimum absolute atomic E-state index is 0.315. The Bertz CT molecular complexity index is 571. The van der Waals surface area contributed by atoms with Crippen molar-refractivity contribution in [2.45, 2.75) is 0 Å². The fourth-order valence-corrected chi connectivity index (χ4v) is 1.53. The summed E-state index contributed by atoms with van der Waals surface area (Å²) in [6, 6.07) is 6.75. The summed E-state index contributed by atoms with van der Waals surface area (Å²) >= 11 is 6.40. The third-order valence-electron chi connectivity index (χ3n) is 1.99. The Morgan fingerprint density at radius 2 is 1.70 bits per heavy atom. The summed E-state index contributed by atoms with van der Waals surface area (Å²) in [5.74, 6) is -0.419. The second kappa shape index (κ2) is 8.55. The van der Waals surface area contributed by atoms with Crippen LogP contribution in [0.3, 0.4) is 0 Å². The van der Waals surface area contributed by atoms with Gasteiger partial charge in [0.25, 0.3) is 0 Å². The highest BCUT2D eigenvalue weighted by Crippen LogP contribution is 2.07. The van der Waals surface area contributed by atoms with Crippen LogP contribution in [-0.4, -0.2) is 29.3 Å². The zero-order valence-corrected chi connectivity index (χ0v) is 13.6. The normalized spacial score (nSPS) is 9.15. The molecule has 0 amide bonds. The maximum Gasteiger partial charge on any atom is 0.356 e. The molecule has 0 unspecified atom stereocenters. The maximum atomic E-state index is 10.8. The fraction of sp³-hybridized carbons (Fsp3) is 0.0769. The van der Waals surface area contributed by atoms with Crippen molar-refractivity contribution in [1.82, 2.24) is 9.97 Å². The summed E-state index contributed by atoms with van der Waals surface area (Å²) < 4.78 is 6.18. The molecule has 2 aromatic heterocycles. The van der Waals surface area contributed by atoms with Crippen molar-refractivity contribution < 1.29 is 14.3 Å². The van der Waals surface area contributed by atoms with E-state index in [9.17, 15) is 9.59 Å². The summed E-state index contributed by atoms with van der Waals surface area (Å²) in [6.07, 6.45) is 3.85. The lowest BCUT2D eigenvalue weighted by molar-refractivity contribution is 0.0594. The molecular formula is C13H10Br2N2O3. The topological polar surface area (TPSA) is 69.2 Å². The molecule has 0 spiro atoms. The van der Waals surface area contributed by atoms with E-state index < -0.39 is 5.97 Å². The molecule has 0 fully saturated rings. The van der Waals surface area contributed by atoms with Crippen LogP contribution < -0.4 is 0 Å². The second-order valence-corrected chi connectivity index (χ2v) is 5.20. The Morgan fingerprint density at radius 1 is 1.10 bits per heavy atom. The SMILES string of the molecule is COC(=O)c1ccc(Br)cn1.O=Cc1ccc(Br)cn1. The summed E-state index contributed by atoms with van der Waals surface area (Å²) in [6.45, 7) is 0. The van der Waals surface area contributed by atoms with Crippen LogP contribution in [0.1, 0.15) is 21.0 Å². The van der Waals surface area contributed by atoms with Gasteiger partial charge in [0.2, 0.25) is 0 Å². The van der Waals surface area contributed by atoms with Crippen molar-refractivity contribution in [1.29, 1.82) is 0 Å². The Kier molecular flexibility index (Phi) is 7.03. The number of pyridine rings is 2. The molecule has 104 valence electrons. The van der Waals surface area contributed by atoms with Crippen molar-refractivity contribution in [3.05, 3.63) is 57.0 Å². The number of nitrogens with zero attached hydrogens (tertiary/aromatic N) is 2. The van der Waals surface area contributed by atoms with Crippen LogP contribution in [0.25, 0.3) is 0 Å². The number of hydrogen-bond donors (Lipinski definition) is 0. The van der Waals surface area contributed by atoms with Gasteiger partial charge in [0.1, 0.15) is 11.4 Å².